The van der Waals surface area contributed by atoms with Crippen molar-refractivity contribution in [3.05, 3.63) is 29.6 Å². The zero-order valence-corrected chi connectivity index (χ0v) is 12.2. The largest absolute Gasteiger partial charge is 0.342 e. The first-order valence-corrected chi connectivity index (χ1v) is 7.91. The molecule has 1 N–H and O–H groups in total. The summed E-state index contributed by atoms with van der Waals surface area (Å²) in [6.07, 6.45) is 1.52. The fraction of sp³-hybridized carbons (Fsp3) is 0.462. The monoisotopic (exact) mass is 300 g/mol. The Morgan fingerprint density at radius 2 is 2.10 bits per heavy atom. The second-order valence-corrected chi connectivity index (χ2v) is 6.54. The summed E-state index contributed by atoms with van der Waals surface area (Å²) in [7, 11) is -2.31. The molecule has 20 heavy (non-hydrogen) atoms. The number of carbonyl (C=O) groups is 1. The molecule has 0 radical (unpaired) electrons. The van der Waals surface area contributed by atoms with Crippen LogP contribution in [0.4, 0.5) is 4.39 Å². The van der Waals surface area contributed by atoms with Crippen molar-refractivity contribution in [2.24, 2.45) is 0 Å². The Morgan fingerprint density at radius 1 is 1.45 bits per heavy atom. The van der Waals surface area contributed by atoms with Gasteiger partial charge in [0.2, 0.25) is 10.0 Å². The van der Waals surface area contributed by atoms with Gasteiger partial charge in [-0.3, -0.25) is 4.79 Å². The molecular weight excluding hydrogens is 283 g/mol. The van der Waals surface area contributed by atoms with Gasteiger partial charge in [-0.05, 0) is 38.0 Å². The van der Waals surface area contributed by atoms with Gasteiger partial charge in [-0.15, -0.1) is 0 Å². The molecule has 1 amide bonds. The van der Waals surface area contributed by atoms with Crippen molar-refractivity contribution in [3.63, 3.8) is 0 Å². The number of nitrogens with zero attached hydrogens (tertiary/aromatic N) is 1. The normalized spacial score (nSPS) is 15.2. The first-order chi connectivity index (χ1) is 9.35. The zero-order chi connectivity index (χ0) is 14.9. The number of nitrogens with one attached hydrogen (secondary N) is 1. The maximum Gasteiger partial charge on any atom is 0.253 e. The van der Waals surface area contributed by atoms with E-state index in [2.05, 4.69) is 4.72 Å². The van der Waals surface area contributed by atoms with Crippen LogP contribution in [0, 0.1) is 5.82 Å². The summed E-state index contributed by atoms with van der Waals surface area (Å²) in [5.74, 6) is -1.19. The van der Waals surface area contributed by atoms with Gasteiger partial charge in [-0.2, -0.15) is 0 Å². The summed E-state index contributed by atoms with van der Waals surface area (Å²) in [4.78, 5) is 12.9. The fourth-order valence-electron chi connectivity index (χ4n) is 1.69. The molecule has 7 heteroatoms. The summed E-state index contributed by atoms with van der Waals surface area (Å²) in [5.41, 5.74) is 0.159. The minimum atomic E-state index is -3.91. The van der Waals surface area contributed by atoms with Gasteiger partial charge in [0.15, 0.2) is 0 Å². The quantitative estimate of drug-likeness (QED) is 0.893. The van der Waals surface area contributed by atoms with Gasteiger partial charge in [0.25, 0.3) is 5.91 Å². The van der Waals surface area contributed by atoms with Gasteiger partial charge in [0.1, 0.15) is 10.7 Å². The van der Waals surface area contributed by atoms with Crippen molar-refractivity contribution in [2.45, 2.75) is 30.7 Å². The van der Waals surface area contributed by atoms with Crippen LogP contribution >= 0.6 is 0 Å². The Balaban J connectivity index is 2.35. The van der Waals surface area contributed by atoms with Gasteiger partial charge in [0.05, 0.1) is 0 Å². The molecule has 0 atom stereocenters. The maximum atomic E-state index is 13.7. The van der Waals surface area contributed by atoms with Gasteiger partial charge >= 0.3 is 0 Å². The summed E-state index contributed by atoms with van der Waals surface area (Å²) >= 11 is 0. The van der Waals surface area contributed by atoms with Crippen molar-refractivity contribution in [2.75, 3.05) is 13.6 Å². The van der Waals surface area contributed by atoms with Crippen LogP contribution in [-0.2, 0) is 10.0 Å². The highest BCUT2D eigenvalue weighted by atomic mass is 32.2. The van der Waals surface area contributed by atoms with Crippen LogP contribution < -0.4 is 4.72 Å². The van der Waals surface area contributed by atoms with Gasteiger partial charge in [-0.25, -0.2) is 17.5 Å². The zero-order valence-electron chi connectivity index (χ0n) is 11.4. The molecule has 0 aromatic heterocycles. The van der Waals surface area contributed by atoms with Crippen molar-refractivity contribution in [1.29, 1.82) is 0 Å². The van der Waals surface area contributed by atoms with Crippen LogP contribution in [0.3, 0.4) is 0 Å². The van der Waals surface area contributed by atoms with E-state index in [1.807, 2.05) is 0 Å². The molecule has 1 aliphatic carbocycles. The molecule has 1 aromatic carbocycles. The highest BCUT2D eigenvalue weighted by Crippen LogP contribution is 2.24. The molecule has 1 aromatic rings. The van der Waals surface area contributed by atoms with Crippen molar-refractivity contribution in [1.82, 2.24) is 9.62 Å². The summed E-state index contributed by atoms with van der Waals surface area (Å²) < 4.78 is 40.2. The van der Waals surface area contributed by atoms with Crippen molar-refractivity contribution < 1.29 is 17.6 Å². The predicted octanol–water partition coefficient (Wildman–Crippen LogP) is 1.36. The average Bonchev–Trinajstić information content (AvgIpc) is 3.20. The minimum absolute atomic E-state index is 0.114. The standard InChI is InChI=1S/C13H17FN2O3S/c1-3-16(2)13(17)9-4-7-11(14)12(8-9)20(18,19)15-10-5-6-10/h4,7-8,10,15H,3,5-6H2,1-2H3. The van der Waals surface area contributed by atoms with Gasteiger partial charge in [-0.1, -0.05) is 0 Å². The molecule has 1 aliphatic rings. The lowest BCUT2D eigenvalue weighted by Crippen LogP contribution is -2.28. The number of sulfonamides is 1. The maximum absolute atomic E-state index is 13.7. The molecule has 110 valence electrons. The number of hydrogen-bond acceptors (Lipinski definition) is 3. The molecule has 0 aliphatic heterocycles. The lowest BCUT2D eigenvalue weighted by atomic mass is 10.2. The Labute approximate surface area is 117 Å². The van der Waals surface area contributed by atoms with E-state index in [4.69, 9.17) is 0 Å². The van der Waals surface area contributed by atoms with Gasteiger partial charge in [0, 0.05) is 25.2 Å². The second kappa shape index (κ2) is 5.49. The predicted molar refractivity (Wildman–Crippen MR) is 72.4 cm³/mol. The van der Waals surface area contributed by atoms with Crippen LogP contribution in [-0.4, -0.2) is 38.9 Å². The third-order valence-corrected chi connectivity index (χ3v) is 4.72. The Kier molecular flexibility index (Phi) is 4.10. The smallest absolute Gasteiger partial charge is 0.253 e. The lowest BCUT2D eigenvalue weighted by Gasteiger charge is -2.15. The molecule has 0 bridgehead atoms. The number of amides is 1. The SMILES string of the molecule is CCN(C)C(=O)c1ccc(F)c(S(=O)(=O)NC2CC2)c1. The first kappa shape index (κ1) is 14.9. The Hall–Kier alpha value is -1.47. The molecule has 0 heterocycles. The highest BCUT2D eigenvalue weighted by Gasteiger charge is 2.30. The highest BCUT2D eigenvalue weighted by molar-refractivity contribution is 7.89. The fourth-order valence-corrected chi connectivity index (χ4v) is 3.10. The van der Waals surface area contributed by atoms with E-state index < -0.39 is 20.7 Å². The summed E-state index contributed by atoms with van der Waals surface area (Å²) in [6, 6.07) is 3.28. The molecule has 1 fully saturated rings. The number of rotatable bonds is 5. The molecule has 0 saturated heterocycles. The average molecular weight is 300 g/mol. The third-order valence-electron chi connectivity index (χ3n) is 3.19. The summed E-state index contributed by atoms with van der Waals surface area (Å²) in [6.45, 7) is 2.28. The van der Waals surface area contributed by atoms with E-state index in [-0.39, 0.29) is 17.5 Å². The molecule has 0 unspecified atom stereocenters. The summed E-state index contributed by atoms with van der Waals surface area (Å²) in [5, 5.41) is 0. The van der Waals surface area contributed by atoms with Crippen LogP contribution in [0.1, 0.15) is 30.1 Å². The van der Waals surface area contributed by atoms with Crippen molar-refractivity contribution in [3.8, 4) is 0 Å². The van der Waals surface area contributed by atoms with Crippen molar-refractivity contribution >= 4 is 15.9 Å². The van der Waals surface area contributed by atoms with E-state index in [0.717, 1.165) is 25.0 Å². The minimum Gasteiger partial charge on any atom is -0.342 e. The van der Waals surface area contributed by atoms with E-state index in [1.54, 1.807) is 14.0 Å². The van der Waals surface area contributed by atoms with Crippen LogP contribution in [0.2, 0.25) is 0 Å². The molecule has 2 rings (SSSR count). The third kappa shape index (κ3) is 3.16. The molecule has 1 saturated carbocycles. The van der Waals surface area contributed by atoms with E-state index in [9.17, 15) is 17.6 Å². The van der Waals surface area contributed by atoms with E-state index in [1.165, 1.54) is 11.0 Å². The Morgan fingerprint density at radius 3 is 2.65 bits per heavy atom. The number of halogens is 1. The molecular formula is C13H17FN2O3S. The first-order valence-electron chi connectivity index (χ1n) is 6.42. The van der Waals surface area contributed by atoms with E-state index in [0.29, 0.717) is 6.54 Å². The number of benzene rings is 1. The number of carbonyl (C=O) groups excluding carboxylic acids is 1. The van der Waals surface area contributed by atoms with Crippen LogP contribution in [0.25, 0.3) is 0 Å². The molecule has 5 nitrogen and oxygen atoms in total. The van der Waals surface area contributed by atoms with Crippen LogP contribution in [0.5, 0.6) is 0 Å². The number of hydrogen-bond donors (Lipinski definition) is 1. The van der Waals surface area contributed by atoms with E-state index >= 15 is 0 Å². The lowest BCUT2D eigenvalue weighted by molar-refractivity contribution is 0.0802. The second-order valence-electron chi connectivity index (χ2n) is 4.86. The Bertz CT molecular complexity index is 627. The van der Waals surface area contributed by atoms with Crippen LogP contribution in [0.15, 0.2) is 23.1 Å². The molecule has 0 spiro atoms. The van der Waals surface area contributed by atoms with Gasteiger partial charge < -0.3 is 4.90 Å². The topological polar surface area (TPSA) is 66.5 Å².